The van der Waals surface area contributed by atoms with Crippen molar-refractivity contribution in [3.63, 3.8) is 0 Å². The highest BCUT2D eigenvalue weighted by atomic mass is 19.4. The first-order valence-electron chi connectivity index (χ1n) is 4.88. The van der Waals surface area contributed by atoms with Crippen molar-refractivity contribution in [3.05, 3.63) is 17.7 Å². The minimum Gasteiger partial charge on any atom is -0.394 e. The van der Waals surface area contributed by atoms with Crippen molar-refractivity contribution in [1.29, 1.82) is 0 Å². The molecule has 0 radical (unpaired) electrons. The number of nitrogen functional groups attached to an aromatic ring is 1. The summed E-state index contributed by atoms with van der Waals surface area (Å²) >= 11 is 0. The van der Waals surface area contributed by atoms with Crippen LogP contribution in [0.5, 0.6) is 0 Å². The molecule has 0 bridgehead atoms. The summed E-state index contributed by atoms with van der Waals surface area (Å²) in [4.78, 5) is 3.74. The molecule has 0 aromatic carbocycles. The number of nitrogens with zero attached hydrogens (tertiary/aromatic N) is 1. The number of hydrogen-bond acceptors (Lipinski definition) is 4. The maximum absolute atomic E-state index is 12.5. The molecule has 1 rings (SSSR count). The van der Waals surface area contributed by atoms with Gasteiger partial charge in [0.1, 0.15) is 11.6 Å². The van der Waals surface area contributed by atoms with Gasteiger partial charge in [0, 0.05) is 0 Å². The molecular weight excluding hydrogens is 235 g/mol. The van der Waals surface area contributed by atoms with Gasteiger partial charge in [-0.05, 0) is 26.0 Å². The summed E-state index contributed by atoms with van der Waals surface area (Å²) in [5, 5.41) is 11.7. The van der Waals surface area contributed by atoms with E-state index in [1.807, 2.05) is 0 Å². The number of rotatable bonds is 3. The summed E-state index contributed by atoms with van der Waals surface area (Å²) in [6.45, 7) is 3.01. The number of halogens is 3. The van der Waals surface area contributed by atoms with E-state index in [0.717, 1.165) is 12.1 Å². The van der Waals surface area contributed by atoms with Gasteiger partial charge in [-0.1, -0.05) is 0 Å². The Labute approximate surface area is 96.7 Å². The number of aliphatic hydroxyl groups excluding tert-OH is 1. The number of alkyl halides is 3. The largest absolute Gasteiger partial charge is 0.416 e. The molecule has 17 heavy (non-hydrogen) atoms. The lowest BCUT2D eigenvalue weighted by Crippen LogP contribution is -2.35. The average molecular weight is 249 g/mol. The Bertz CT molecular complexity index is 404. The van der Waals surface area contributed by atoms with Crippen molar-refractivity contribution in [2.75, 3.05) is 17.7 Å². The molecule has 1 aromatic rings. The van der Waals surface area contributed by atoms with E-state index in [9.17, 15) is 13.2 Å². The molecule has 0 unspecified atom stereocenters. The molecule has 4 N–H and O–H groups in total. The number of nitrogens with two attached hydrogens (primary N) is 1. The topological polar surface area (TPSA) is 71.2 Å². The van der Waals surface area contributed by atoms with E-state index in [1.54, 1.807) is 13.8 Å². The van der Waals surface area contributed by atoms with Crippen molar-refractivity contribution >= 4 is 11.6 Å². The number of aliphatic hydroxyl groups is 1. The van der Waals surface area contributed by atoms with Crippen LogP contribution in [0.15, 0.2) is 12.1 Å². The fraction of sp³-hybridized carbons (Fsp3) is 0.500. The van der Waals surface area contributed by atoms with Crippen LogP contribution < -0.4 is 11.1 Å². The van der Waals surface area contributed by atoms with E-state index in [2.05, 4.69) is 10.3 Å². The lowest BCUT2D eigenvalue weighted by atomic mass is 10.1. The highest BCUT2D eigenvalue weighted by molar-refractivity contribution is 5.48. The Morgan fingerprint density at radius 1 is 1.35 bits per heavy atom. The summed E-state index contributed by atoms with van der Waals surface area (Å²) < 4.78 is 37.5. The molecule has 0 saturated carbocycles. The Balaban J connectivity index is 3.06. The van der Waals surface area contributed by atoms with Crippen LogP contribution in [-0.2, 0) is 6.18 Å². The lowest BCUT2D eigenvalue weighted by Gasteiger charge is -2.24. The summed E-state index contributed by atoms with van der Waals surface area (Å²) in [5.41, 5.74) is 3.65. The predicted molar refractivity (Wildman–Crippen MR) is 58.4 cm³/mol. The summed E-state index contributed by atoms with van der Waals surface area (Å²) in [6.07, 6.45) is -4.48. The summed E-state index contributed by atoms with van der Waals surface area (Å²) in [5.74, 6) is -0.243. The van der Waals surface area contributed by atoms with Crippen LogP contribution in [-0.4, -0.2) is 22.2 Å². The van der Waals surface area contributed by atoms with Crippen LogP contribution in [0.25, 0.3) is 0 Å². The molecule has 1 heterocycles. The van der Waals surface area contributed by atoms with Crippen molar-refractivity contribution in [1.82, 2.24) is 4.98 Å². The lowest BCUT2D eigenvalue weighted by molar-refractivity contribution is -0.137. The molecule has 0 fully saturated rings. The maximum Gasteiger partial charge on any atom is 0.416 e. The molecule has 1 aromatic heterocycles. The molecule has 0 aliphatic carbocycles. The van der Waals surface area contributed by atoms with Gasteiger partial charge in [-0.2, -0.15) is 13.2 Å². The highest BCUT2D eigenvalue weighted by Crippen LogP contribution is 2.31. The number of nitrogens with one attached hydrogen (secondary N) is 1. The molecule has 0 aliphatic heterocycles. The molecule has 0 atom stereocenters. The smallest absolute Gasteiger partial charge is 0.394 e. The van der Waals surface area contributed by atoms with Crippen LogP contribution >= 0.6 is 0 Å². The van der Waals surface area contributed by atoms with Crippen LogP contribution in [0.4, 0.5) is 24.8 Å². The van der Waals surface area contributed by atoms with Gasteiger partial charge in [0.2, 0.25) is 0 Å². The molecule has 0 spiro atoms. The first-order valence-corrected chi connectivity index (χ1v) is 4.88. The van der Waals surface area contributed by atoms with E-state index in [4.69, 9.17) is 10.8 Å². The Morgan fingerprint density at radius 2 is 1.94 bits per heavy atom. The van der Waals surface area contributed by atoms with E-state index in [0.29, 0.717) is 0 Å². The number of hydrogen-bond donors (Lipinski definition) is 3. The van der Waals surface area contributed by atoms with Gasteiger partial charge in [-0.3, -0.25) is 0 Å². The van der Waals surface area contributed by atoms with Crippen LogP contribution in [0.1, 0.15) is 19.4 Å². The summed E-state index contributed by atoms with van der Waals surface area (Å²) in [7, 11) is 0. The van der Waals surface area contributed by atoms with Gasteiger partial charge in [-0.25, -0.2) is 4.98 Å². The fourth-order valence-corrected chi connectivity index (χ4v) is 1.17. The van der Waals surface area contributed by atoms with Gasteiger partial charge >= 0.3 is 6.18 Å². The van der Waals surface area contributed by atoms with Gasteiger partial charge in [-0.15, -0.1) is 0 Å². The van der Waals surface area contributed by atoms with E-state index in [-0.39, 0.29) is 18.2 Å². The zero-order valence-corrected chi connectivity index (χ0v) is 9.47. The van der Waals surface area contributed by atoms with E-state index < -0.39 is 17.3 Å². The quantitative estimate of drug-likeness (QED) is 0.764. The molecule has 96 valence electrons. The fourth-order valence-electron chi connectivity index (χ4n) is 1.17. The SMILES string of the molecule is CC(C)(CO)Nc1cc(C(F)(F)F)cc(N)n1. The predicted octanol–water partition coefficient (Wildman–Crippen LogP) is 1.87. The second kappa shape index (κ2) is 4.40. The van der Waals surface area contributed by atoms with Gasteiger partial charge in [0.25, 0.3) is 0 Å². The van der Waals surface area contributed by atoms with Crippen molar-refractivity contribution in [2.24, 2.45) is 0 Å². The van der Waals surface area contributed by atoms with Crippen molar-refractivity contribution in [3.8, 4) is 0 Å². The zero-order valence-electron chi connectivity index (χ0n) is 9.47. The van der Waals surface area contributed by atoms with Gasteiger partial charge < -0.3 is 16.2 Å². The van der Waals surface area contributed by atoms with Crippen LogP contribution in [0, 0.1) is 0 Å². The number of pyridine rings is 1. The Morgan fingerprint density at radius 3 is 2.41 bits per heavy atom. The average Bonchev–Trinajstić information content (AvgIpc) is 2.14. The molecule has 7 heteroatoms. The molecule has 0 amide bonds. The normalized spacial score (nSPS) is 12.6. The molecular formula is C10H14F3N3O. The standard InChI is InChI=1S/C10H14F3N3O/c1-9(2,5-17)16-8-4-6(10(11,12)13)3-7(14)15-8/h3-4,17H,5H2,1-2H3,(H3,14,15,16). The van der Waals surface area contributed by atoms with Crippen LogP contribution in [0.3, 0.4) is 0 Å². The number of anilines is 2. The molecule has 0 aliphatic rings. The van der Waals surface area contributed by atoms with Crippen molar-refractivity contribution in [2.45, 2.75) is 25.6 Å². The first-order chi connectivity index (χ1) is 7.64. The number of aromatic nitrogens is 1. The van der Waals surface area contributed by atoms with Gasteiger partial charge in [0.15, 0.2) is 0 Å². The first kappa shape index (κ1) is 13.6. The van der Waals surface area contributed by atoms with Crippen LogP contribution in [0.2, 0.25) is 0 Å². The van der Waals surface area contributed by atoms with Crippen molar-refractivity contribution < 1.29 is 18.3 Å². The zero-order chi connectivity index (χ0) is 13.3. The third kappa shape index (κ3) is 3.77. The molecule has 0 saturated heterocycles. The summed E-state index contributed by atoms with van der Waals surface area (Å²) in [6, 6.07) is 1.62. The minimum atomic E-state index is -4.48. The second-order valence-corrected chi connectivity index (χ2v) is 4.33. The Kier molecular flexibility index (Phi) is 3.51. The third-order valence-electron chi connectivity index (χ3n) is 2.03. The second-order valence-electron chi connectivity index (χ2n) is 4.33. The monoisotopic (exact) mass is 249 g/mol. The highest BCUT2D eigenvalue weighted by Gasteiger charge is 2.32. The molecule has 4 nitrogen and oxygen atoms in total. The van der Waals surface area contributed by atoms with E-state index in [1.165, 1.54) is 0 Å². The van der Waals surface area contributed by atoms with Gasteiger partial charge in [0.05, 0.1) is 17.7 Å². The Hall–Kier alpha value is -1.50. The third-order valence-corrected chi connectivity index (χ3v) is 2.03. The maximum atomic E-state index is 12.5. The minimum absolute atomic E-state index is 0.0172. The van der Waals surface area contributed by atoms with E-state index >= 15 is 0 Å².